The van der Waals surface area contributed by atoms with Crippen LogP contribution in [0.25, 0.3) is 0 Å². The smallest absolute Gasteiger partial charge is 0.206 e. The lowest BCUT2D eigenvalue weighted by Gasteiger charge is -2.04. The van der Waals surface area contributed by atoms with Crippen LogP contribution >= 0.6 is 34.9 Å². The molecule has 0 aliphatic heterocycles. The Bertz CT molecular complexity index is 537. The minimum absolute atomic E-state index is 0.234. The van der Waals surface area contributed by atoms with Gasteiger partial charge >= 0.3 is 6.08 Å². The molecule has 1 aliphatic rings. The average Bonchev–Trinajstić information content (AvgIpc) is 3.18. The van der Waals surface area contributed by atoms with E-state index in [9.17, 15) is 13.2 Å². The van der Waals surface area contributed by atoms with Gasteiger partial charge in [-0.1, -0.05) is 34.9 Å². The first-order chi connectivity index (χ1) is 10.0. The number of thioether (sulfide) groups is 2. The molecule has 2 rings (SSSR count). The number of aliphatic imine (C=N–C) groups is 1. The molecule has 0 saturated heterocycles. The molecule has 0 aromatic carbocycles. The third kappa shape index (κ3) is 6.39. The van der Waals surface area contributed by atoms with E-state index in [-0.39, 0.29) is 12.2 Å². The van der Waals surface area contributed by atoms with Gasteiger partial charge in [-0.25, -0.2) is 9.38 Å². The zero-order chi connectivity index (χ0) is 15.2. The van der Waals surface area contributed by atoms with Gasteiger partial charge in [0.05, 0.1) is 0 Å². The van der Waals surface area contributed by atoms with Gasteiger partial charge in [-0.05, 0) is 25.7 Å². The number of aryl methyl sites for hydroxylation is 1. The van der Waals surface area contributed by atoms with Crippen molar-refractivity contribution in [2.45, 2.75) is 26.2 Å². The van der Waals surface area contributed by atoms with Gasteiger partial charge in [0.1, 0.15) is 9.38 Å². The van der Waals surface area contributed by atoms with Gasteiger partial charge in [0.15, 0.2) is 5.83 Å². The van der Waals surface area contributed by atoms with Crippen molar-refractivity contribution in [2.75, 3.05) is 11.5 Å². The Labute approximate surface area is 133 Å². The van der Waals surface area contributed by atoms with Crippen LogP contribution in [0.15, 0.2) is 16.9 Å². The summed E-state index contributed by atoms with van der Waals surface area (Å²) in [6, 6.07) is 0. The number of allylic oxidation sites excluding steroid dienone is 1. The van der Waals surface area contributed by atoms with Crippen LogP contribution in [0.4, 0.5) is 18.3 Å². The fraction of sp³-hybridized carbons (Fsp3) is 0.583. The van der Waals surface area contributed by atoms with Crippen LogP contribution < -0.4 is 0 Å². The van der Waals surface area contributed by atoms with Crippen LogP contribution in [-0.2, 0) is 0 Å². The van der Waals surface area contributed by atoms with Crippen LogP contribution in [0.3, 0.4) is 0 Å². The Kier molecular flexibility index (Phi) is 6.56. The van der Waals surface area contributed by atoms with Crippen molar-refractivity contribution >= 4 is 44.4 Å². The monoisotopic (exact) mass is 353 g/mol. The Balaban J connectivity index is 1.91. The molecule has 9 heteroatoms. The number of nitrogens with zero attached hydrogens (tertiary/aromatic N) is 3. The van der Waals surface area contributed by atoms with Crippen molar-refractivity contribution in [3.05, 3.63) is 16.9 Å². The van der Waals surface area contributed by atoms with Crippen molar-refractivity contribution < 1.29 is 13.2 Å². The third-order valence-electron chi connectivity index (χ3n) is 2.59. The van der Waals surface area contributed by atoms with E-state index in [0.29, 0.717) is 5.13 Å². The Morgan fingerprint density at radius 3 is 2.62 bits per heavy atom. The maximum Gasteiger partial charge on any atom is 0.301 e. The molecule has 1 aromatic rings. The molecule has 0 atom stereocenters. The van der Waals surface area contributed by atoms with E-state index < -0.39 is 11.9 Å². The molecule has 0 bridgehead atoms. The standard InChI is InChI=1S/C12H14F3N3S3/c1-7-17-18-11(21-7)16-12(20-6-8-2-3-8)19-5-4-9(13)10(14)15/h8H,2-6H2,1H3/b16-12-. The molecule has 1 heterocycles. The molecule has 1 saturated carbocycles. The SMILES string of the molecule is Cc1nnc(/N=C(/SCCC(F)=C(F)F)SCC2CC2)s1. The molecule has 21 heavy (non-hydrogen) atoms. The lowest BCUT2D eigenvalue weighted by atomic mass is 10.4. The molecule has 0 spiro atoms. The normalized spacial score (nSPS) is 15.3. The van der Waals surface area contributed by atoms with Gasteiger partial charge in [0.2, 0.25) is 5.13 Å². The van der Waals surface area contributed by atoms with E-state index in [4.69, 9.17) is 0 Å². The average molecular weight is 353 g/mol. The van der Waals surface area contributed by atoms with Crippen LogP contribution in [-0.4, -0.2) is 26.1 Å². The number of hydrogen-bond donors (Lipinski definition) is 0. The summed E-state index contributed by atoms with van der Waals surface area (Å²) in [7, 11) is 0. The van der Waals surface area contributed by atoms with E-state index in [1.807, 2.05) is 6.92 Å². The predicted molar refractivity (Wildman–Crippen MR) is 84.3 cm³/mol. The first kappa shape index (κ1) is 16.8. The van der Waals surface area contributed by atoms with Gasteiger partial charge in [-0.15, -0.1) is 10.2 Å². The minimum atomic E-state index is -2.24. The number of hydrogen-bond acceptors (Lipinski definition) is 6. The number of rotatable bonds is 6. The fourth-order valence-corrected chi connectivity index (χ4v) is 4.25. The second-order valence-electron chi connectivity index (χ2n) is 4.50. The summed E-state index contributed by atoms with van der Waals surface area (Å²) < 4.78 is 37.5. The number of halogens is 3. The van der Waals surface area contributed by atoms with Crippen LogP contribution in [0.1, 0.15) is 24.3 Å². The molecule has 1 fully saturated rings. The van der Waals surface area contributed by atoms with Crippen molar-refractivity contribution in [2.24, 2.45) is 10.9 Å². The second-order valence-corrected chi connectivity index (χ2v) is 8.01. The van der Waals surface area contributed by atoms with Crippen molar-refractivity contribution in [3.63, 3.8) is 0 Å². The van der Waals surface area contributed by atoms with E-state index in [1.54, 1.807) is 11.8 Å². The Morgan fingerprint density at radius 1 is 1.29 bits per heavy atom. The summed E-state index contributed by atoms with van der Waals surface area (Å²) in [4.78, 5) is 4.38. The second kappa shape index (κ2) is 8.19. The number of aromatic nitrogens is 2. The topological polar surface area (TPSA) is 38.1 Å². The molecule has 0 radical (unpaired) electrons. The van der Waals surface area contributed by atoms with E-state index in [1.165, 1.54) is 35.9 Å². The molecular formula is C12H14F3N3S3. The maximum absolute atomic E-state index is 12.8. The maximum atomic E-state index is 12.8. The van der Waals surface area contributed by atoms with E-state index in [2.05, 4.69) is 15.2 Å². The summed E-state index contributed by atoms with van der Waals surface area (Å²) in [6.45, 7) is 1.84. The molecule has 3 nitrogen and oxygen atoms in total. The summed E-state index contributed by atoms with van der Waals surface area (Å²) in [6.07, 6.45) is -0.0642. The molecule has 0 amide bonds. The molecule has 0 N–H and O–H groups in total. The summed E-state index contributed by atoms with van der Waals surface area (Å²) in [5.74, 6) is 0.564. The van der Waals surface area contributed by atoms with Crippen LogP contribution in [0, 0.1) is 12.8 Å². The highest BCUT2D eigenvalue weighted by Gasteiger charge is 2.22. The Hall–Kier alpha value is -0.540. The largest absolute Gasteiger partial charge is 0.301 e. The van der Waals surface area contributed by atoms with Crippen LogP contribution in [0.2, 0.25) is 0 Å². The molecular weight excluding hydrogens is 339 g/mol. The zero-order valence-electron chi connectivity index (χ0n) is 11.3. The highest BCUT2D eigenvalue weighted by molar-refractivity contribution is 8.38. The Morgan fingerprint density at radius 2 is 2.05 bits per heavy atom. The lowest BCUT2D eigenvalue weighted by Crippen LogP contribution is -1.93. The predicted octanol–water partition coefficient (Wildman–Crippen LogP) is 5.18. The van der Waals surface area contributed by atoms with Gasteiger partial charge < -0.3 is 0 Å². The third-order valence-corrected chi connectivity index (χ3v) is 5.76. The van der Waals surface area contributed by atoms with Gasteiger partial charge in [0.25, 0.3) is 0 Å². The van der Waals surface area contributed by atoms with E-state index >= 15 is 0 Å². The van der Waals surface area contributed by atoms with E-state index in [0.717, 1.165) is 21.1 Å². The quantitative estimate of drug-likeness (QED) is 0.522. The van der Waals surface area contributed by atoms with Crippen LogP contribution in [0.5, 0.6) is 0 Å². The lowest BCUT2D eigenvalue weighted by molar-refractivity contribution is 0.373. The summed E-state index contributed by atoms with van der Waals surface area (Å²) >= 11 is 4.24. The van der Waals surface area contributed by atoms with Gasteiger partial charge in [-0.3, -0.25) is 0 Å². The van der Waals surface area contributed by atoms with Gasteiger partial charge in [0, 0.05) is 17.9 Å². The fourth-order valence-electron chi connectivity index (χ4n) is 1.31. The highest BCUT2D eigenvalue weighted by Crippen LogP contribution is 2.35. The molecule has 0 unspecified atom stereocenters. The first-order valence-corrected chi connectivity index (χ1v) is 9.17. The van der Waals surface area contributed by atoms with Crippen molar-refractivity contribution in [1.29, 1.82) is 0 Å². The van der Waals surface area contributed by atoms with Crippen molar-refractivity contribution in [3.8, 4) is 0 Å². The first-order valence-electron chi connectivity index (χ1n) is 6.38. The molecule has 1 aliphatic carbocycles. The van der Waals surface area contributed by atoms with Crippen molar-refractivity contribution in [1.82, 2.24) is 10.2 Å². The summed E-state index contributed by atoms with van der Waals surface area (Å²) in [5.41, 5.74) is 0. The highest BCUT2D eigenvalue weighted by atomic mass is 32.2. The zero-order valence-corrected chi connectivity index (χ0v) is 13.8. The minimum Gasteiger partial charge on any atom is -0.206 e. The summed E-state index contributed by atoms with van der Waals surface area (Å²) in [5, 5.41) is 9.17. The molecule has 116 valence electrons. The molecule has 1 aromatic heterocycles. The van der Waals surface area contributed by atoms with Gasteiger partial charge in [-0.2, -0.15) is 8.78 Å².